The van der Waals surface area contributed by atoms with E-state index in [0.717, 1.165) is 61.1 Å². The first-order valence-electron chi connectivity index (χ1n) is 9.02. The molecule has 25 heavy (non-hydrogen) atoms. The molecule has 1 unspecified atom stereocenters. The highest BCUT2D eigenvalue weighted by molar-refractivity contribution is 6.30. The van der Waals surface area contributed by atoms with Gasteiger partial charge in [-0.2, -0.15) is 10.2 Å². The fourth-order valence-corrected chi connectivity index (χ4v) is 4.00. The third kappa shape index (κ3) is 3.40. The molecular weight excluding hydrogens is 340 g/mol. The van der Waals surface area contributed by atoms with Crippen LogP contribution in [0.25, 0.3) is 0 Å². The van der Waals surface area contributed by atoms with E-state index in [2.05, 4.69) is 22.0 Å². The molecule has 3 rings (SSSR count). The summed E-state index contributed by atoms with van der Waals surface area (Å²) in [6.45, 7) is 7.49. The molecule has 1 fully saturated rings. The molecule has 0 bridgehead atoms. The molecule has 8 heteroatoms. The summed E-state index contributed by atoms with van der Waals surface area (Å²) in [5, 5.41) is 9.73. The van der Waals surface area contributed by atoms with Gasteiger partial charge in [0.1, 0.15) is 11.0 Å². The molecule has 0 radical (unpaired) electrons. The lowest BCUT2D eigenvalue weighted by atomic mass is 9.96. The van der Waals surface area contributed by atoms with Crippen molar-refractivity contribution < 1.29 is 0 Å². The highest BCUT2D eigenvalue weighted by Crippen LogP contribution is 2.28. The van der Waals surface area contributed by atoms with Gasteiger partial charge >= 0.3 is 5.69 Å². The number of likely N-dealkylation sites (tertiary alicyclic amines) is 1. The highest BCUT2D eigenvalue weighted by atomic mass is 35.5. The van der Waals surface area contributed by atoms with E-state index in [1.807, 2.05) is 14.0 Å². The number of halogens is 1. The largest absolute Gasteiger partial charge is 0.345 e. The Morgan fingerprint density at radius 2 is 1.96 bits per heavy atom. The molecule has 1 atom stereocenters. The molecule has 3 heterocycles. The predicted octanol–water partition coefficient (Wildman–Crippen LogP) is 1.93. The first-order chi connectivity index (χ1) is 12.0. The van der Waals surface area contributed by atoms with Gasteiger partial charge in [-0.3, -0.25) is 14.1 Å². The lowest BCUT2D eigenvalue weighted by molar-refractivity contribution is 0.194. The van der Waals surface area contributed by atoms with Crippen molar-refractivity contribution in [3.05, 3.63) is 32.7 Å². The number of aromatic nitrogens is 5. The second-order valence-corrected chi connectivity index (χ2v) is 7.13. The lowest BCUT2D eigenvalue weighted by Crippen LogP contribution is -2.35. The standard InChI is InChI=1S/C17H27ClN6O/c1-5-14-13(15(18)21(3)19-14)11-23-9-7-8-12(10-23)16-20-22(4)17(25)24(16)6-2/h12H,5-11H2,1-4H3. The summed E-state index contributed by atoms with van der Waals surface area (Å²) in [4.78, 5) is 14.6. The van der Waals surface area contributed by atoms with Crippen LogP contribution in [0.1, 0.15) is 49.7 Å². The fourth-order valence-electron chi connectivity index (χ4n) is 3.80. The number of nitrogens with zero attached hydrogens (tertiary/aromatic N) is 6. The summed E-state index contributed by atoms with van der Waals surface area (Å²) < 4.78 is 5.00. The van der Waals surface area contributed by atoms with E-state index in [1.165, 1.54) is 4.68 Å². The highest BCUT2D eigenvalue weighted by Gasteiger charge is 2.28. The Morgan fingerprint density at radius 3 is 2.64 bits per heavy atom. The van der Waals surface area contributed by atoms with Gasteiger partial charge in [-0.15, -0.1) is 0 Å². The molecule has 1 aliphatic heterocycles. The number of rotatable bonds is 5. The Balaban J connectivity index is 1.81. The molecule has 1 saturated heterocycles. The Hall–Kier alpha value is -1.60. The summed E-state index contributed by atoms with van der Waals surface area (Å²) >= 11 is 6.45. The van der Waals surface area contributed by atoms with E-state index in [1.54, 1.807) is 16.3 Å². The van der Waals surface area contributed by atoms with E-state index in [0.29, 0.717) is 6.54 Å². The molecule has 1 aliphatic rings. The molecule has 7 nitrogen and oxygen atoms in total. The zero-order chi connectivity index (χ0) is 18.1. The van der Waals surface area contributed by atoms with Crippen LogP contribution >= 0.6 is 11.6 Å². The van der Waals surface area contributed by atoms with Crippen LogP contribution in [-0.2, 0) is 33.6 Å². The van der Waals surface area contributed by atoms with Crippen molar-refractivity contribution in [3.8, 4) is 0 Å². The molecule has 0 amide bonds. The summed E-state index contributed by atoms with van der Waals surface area (Å²) in [6, 6.07) is 0. The van der Waals surface area contributed by atoms with E-state index in [9.17, 15) is 4.79 Å². The SMILES string of the molecule is CCc1nn(C)c(Cl)c1CN1CCCC(c2nn(C)c(=O)n2CC)C1. The average Bonchev–Trinajstić information content (AvgIpc) is 3.05. The van der Waals surface area contributed by atoms with E-state index in [4.69, 9.17) is 11.6 Å². The van der Waals surface area contributed by atoms with Gasteiger partial charge in [0.2, 0.25) is 0 Å². The van der Waals surface area contributed by atoms with Crippen LogP contribution in [0, 0.1) is 0 Å². The maximum atomic E-state index is 12.2. The van der Waals surface area contributed by atoms with Gasteiger partial charge in [0.15, 0.2) is 0 Å². The quantitative estimate of drug-likeness (QED) is 0.811. The first kappa shape index (κ1) is 18.2. The van der Waals surface area contributed by atoms with Crippen molar-refractivity contribution in [3.63, 3.8) is 0 Å². The first-order valence-corrected chi connectivity index (χ1v) is 9.40. The minimum absolute atomic E-state index is 0.0294. The van der Waals surface area contributed by atoms with Crippen molar-refractivity contribution in [2.75, 3.05) is 13.1 Å². The third-order valence-corrected chi connectivity index (χ3v) is 5.57. The van der Waals surface area contributed by atoms with Gasteiger partial charge in [-0.1, -0.05) is 18.5 Å². The van der Waals surface area contributed by atoms with Crippen LogP contribution in [0.2, 0.25) is 5.15 Å². The monoisotopic (exact) mass is 366 g/mol. The minimum Gasteiger partial charge on any atom is -0.298 e. The van der Waals surface area contributed by atoms with Crippen molar-refractivity contribution >= 4 is 11.6 Å². The number of piperidine rings is 1. The third-order valence-electron chi connectivity index (χ3n) is 5.09. The van der Waals surface area contributed by atoms with Crippen molar-refractivity contribution in [2.24, 2.45) is 14.1 Å². The second kappa shape index (κ2) is 7.33. The van der Waals surface area contributed by atoms with Crippen LogP contribution in [0.4, 0.5) is 0 Å². The zero-order valence-electron chi connectivity index (χ0n) is 15.5. The molecule has 0 spiro atoms. The molecule has 0 N–H and O–H groups in total. The van der Waals surface area contributed by atoms with Gasteiger partial charge in [-0.05, 0) is 32.7 Å². The predicted molar refractivity (Wildman–Crippen MR) is 98.0 cm³/mol. The second-order valence-electron chi connectivity index (χ2n) is 6.78. The van der Waals surface area contributed by atoms with Crippen molar-refractivity contribution in [2.45, 2.75) is 52.1 Å². The van der Waals surface area contributed by atoms with Crippen molar-refractivity contribution in [1.82, 2.24) is 29.0 Å². The molecule has 2 aromatic heterocycles. The number of aryl methyl sites for hydroxylation is 3. The van der Waals surface area contributed by atoms with Crippen molar-refractivity contribution in [1.29, 1.82) is 0 Å². The number of hydrogen-bond acceptors (Lipinski definition) is 4. The van der Waals surface area contributed by atoms with Crippen LogP contribution in [0.3, 0.4) is 0 Å². The zero-order valence-corrected chi connectivity index (χ0v) is 16.3. The van der Waals surface area contributed by atoms with Crippen LogP contribution < -0.4 is 5.69 Å². The summed E-state index contributed by atoms with van der Waals surface area (Å²) in [5.41, 5.74) is 2.16. The molecule has 0 aliphatic carbocycles. The summed E-state index contributed by atoms with van der Waals surface area (Å²) in [6.07, 6.45) is 3.04. The Labute approximate surface area is 153 Å². The van der Waals surface area contributed by atoms with E-state index < -0.39 is 0 Å². The van der Waals surface area contributed by atoms with E-state index in [-0.39, 0.29) is 11.6 Å². The van der Waals surface area contributed by atoms with Gasteiger partial charge in [0.05, 0.1) is 5.69 Å². The number of hydrogen-bond donors (Lipinski definition) is 0. The Morgan fingerprint density at radius 1 is 1.20 bits per heavy atom. The Kier molecular flexibility index (Phi) is 5.34. The van der Waals surface area contributed by atoms with Gasteiger partial charge in [0.25, 0.3) is 0 Å². The van der Waals surface area contributed by atoms with Crippen LogP contribution in [-0.4, -0.2) is 42.1 Å². The normalized spacial score (nSPS) is 18.8. The van der Waals surface area contributed by atoms with E-state index >= 15 is 0 Å². The Bertz CT molecular complexity index is 805. The van der Waals surface area contributed by atoms with Gasteiger partial charge < -0.3 is 0 Å². The van der Waals surface area contributed by atoms with Crippen LogP contribution in [0.5, 0.6) is 0 Å². The fraction of sp³-hybridized carbons (Fsp3) is 0.706. The summed E-state index contributed by atoms with van der Waals surface area (Å²) in [5.74, 6) is 1.19. The van der Waals surface area contributed by atoms with Crippen LogP contribution in [0.15, 0.2) is 4.79 Å². The molecule has 138 valence electrons. The smallest absolute Gasteiger partial charge is 0.298 e. The van der Waals surface area contributed by atoms with Gasteiger partial charge in [0, 0.05) is 45.2 Å². The molecule has 2 aromatic rings. The molecular formula is C17H27ClN6O. The minimum atomic E-state index is -0.0294. The lowest BCUT2D eigenvalue weighted by Gasteiger charge is -2.32. The summed E-state index contributed by atoms with van der Waals surface area (Å²) in [7, 11) is 3.61. The molecule has 0 saturated carbocycles. The maximum Gasteiger partial charge on any atom is 0.345 e. The van der Waals surface area contributed by atoms with Gasteiger partial charge in [-0.25, -0.2) is 9.48 Å². The topological polar surface area (TPSA) is 60.9 Å². The molecule has 0 aromatic carbocycles. The maximum absolute atomic E-state index is 12.2. The average molecular weight is 367 g/mol.